The highest BCUT2D eigenvalue weighted by Gasteiger charge is 2.41. The molecule has 4 heterocycles. The van der Waals surface area contributed by atoms with E-state index in [2.05, 4.69) is 156 Å². The first-order valence-corrected chi connectivity index (χ1v) is 21.7. The Morgan fingerprint density at radius 2 is 0.641 bits per heavy atom. The van der Waals surface area contributed by atoms with Gasteiger partial charge in [-0.15, -0.1) is 0 Å². The standard InChI is InChI=1S/C58H36N6/c1-3-11-35(12-4-1)57-61-51(39-21-25-49-37(29-39)15-9-27-59-49)33-53(63-57)41-19-23-45-47(31-41)55-43-17-7-8-18-44(43)56(45)48-32-42(20-24-46(48)55)54-34-52(62-58(64-54)36-13-5-2-6-14-36)40-22-26-50-38(30-40)16-10-28-60-50/h1-34,55-56H. The summed E-state index contributed by atoms with van der Waals surface area (Å²) in [7, 11) is 0. The number of hydrogen-bond donors (Lipinski definition) is 0. The fraction of sp³-hybridized carbons (Fsp3) is 0.0345. The van der Waals surface area contributed by atoms with Crippen molar-refractivity contribution in [3.63, 3.8) is 0 Å². The van der Waals surface area contributed by atoms with Crippen molar-refractivity contribution in [2.75, 3.05) is 0 Å². The van der Waals surface area contributed by atoms with Crippen molar-refractivity contribution in [2.24, 2.45) is 0 Å². The zero-order valence-corrected chi connectivity index (χ0v) is 34.5. The van der Waals surface area contributed by atoms with Crippen molar-refractivity contribution < 1.29 is 0 Å². The molecular weight excluding hydrogens is 781 g/mol. The van der Waals surface area contributed by atoms with Gasteiger partial charge < -0.3 is 0 Å². The number of pyridine rings is 2. The number of fused-ring (bicyclic) bond motifs is 2. The lowest BCUT2D eigenvalue weighted by atomic mass is 9.60. The summed E-state index contributed by atoms with van der Waals surface area (Å²) in [6.07, 6.45) is 3.66. The number of benzene rings is 7. The van der Waals surface area contributed by atoms with E-state index in [1.807, 2.05) is 60.9 Å². The lowest BCUT2D eigenvalue weighted by Gasteiger charge is -2.42. The Morgan fingerprint density at radius 1 is 0.266 bits per heavy atom. The minimum Gasteiger partial charge on any atom is -0.256 e. The van der Waals surface area contributed by atoms with Gasteiger partial charge in [-0.05, 0) is 94.0 Å². The van der Waals surface area contributed by atoms with Crippen LogP contribution in [-0.2, 0) is 0 Å². The van der Waals surface area contributed by atoms with Crippen molar-refractivity contribution in [3.05, 3.63) is 240 Å². The van der Waals surface area contributed by atoms with E-state index in [1.165, 1.54) is 33.4 Å². The first-order valence-electron chi connectivity index (χ1n) is 21.7. The minimum absolute atomic E-state index is 0.0649. The normalized spacial score (nSPS) is 14.6. The van der Waals surface area contributed by atoms with Gasteiger partial charge in [0, 0.05) is 68.4 Å². The van der Waals surface area contributed by atoms with Crippen LogP contribution >= 0.6 is 0 Å². The minimum atomic E-state index is 0.0649. The molecule has 4 aromatic heterocycles. The molecule has 0 radical (unpaired) electrons. The summed E-state index contributed by atoms with van der Waals surface area (Å²) in [5.41, 5.74) is 19.6. The average Bonchev–Trinajstić information content (AvgIpc) is 3.38. The van der Waals surface area contributed by atoms with Crippen LogP contribution in [0.3, 0.4) is 0 Å². The molecule has 298 valence electrons. The van der Waals surface area contributed by atoms with Crippen molar-refractivity contribution in [2.45, 2.75) is 11.8 Å². The second-order valence-electron chi connectivity index (χ2n) is 16.7. The number of aromatic nitrogens is 6. The predicted octanol–water partition coefficient (Wildman–Crippen LogP) is 13.4. The lowest BCUT2D eigenvalue weighted by Crippen LogP contribution is -2.27. The summed E-state index contributed by atoms with van der Waals surface area (Å²) >= 11 is 0. The second kappa shape index (κ2) is 14.6. The number of rotatable bonds is 6. The maximum Gasteiger partial charge on any atom is 0.160 e. The molecule has 6 nitrogen and oxygen atoms in total. The molecule has 0 spiro atoms. The van der Waals surface area contributed by atoms with Gasteiger partial charge in [0.05, 0.1) is 33.8 Å². The van der Waals surface area contributed by atoms with Crippen LogP contribution in [0.5, 0.6) is 0 Å². The molecule has 64 heavy (non-hydrogen) atoms. The highest BCUT2D eigenvalue weighted by Crippen LogP contribution is 2.56. The quantitative estimate of drug-likeness (QED) is 0.166. The summed E-state index contributed by atoms with van der Waals surface area (Å²) in [6, 6.07) is 68.5. The van der Waals surface area contributed by atoms with Gasteiger partial charge in [-0.2, -0.15) is 0 Å². The third-order valence-corrected chi connectivity index (χ3v) is 12.9. The van der Waals surface area contributed by atoms with E-state index in [0.29, 0.717) is 11.6 Å². The van der Waals surface area contributed by atoms with Gasteiger partial charge in [0.2, 0.25) is 0 Å². The van der Waals surface area contributed by atoms with Crippen LogP contribution in [0.15, 0.2) is 207 Å². The molecule has 2 bridgehead atoms. The van der Waals surface area contributed by atoms with E-state index in [0.717, 1.165) is 78.0 Å². The van der Waals surface area contributed by atoms with E-state index in [9.17, 15) is 0 Å². The number of hydrogen-bond acceptors (Lipinski definition) is 6. The third-order valence-electron chi connectivity index (χ3n) is 12.9. The molecule has 7 aromatic carbocycles. The molecule has 2 atom stereocenters. The van der Waals surface area contributed by atoms with Gasteiger partial charge in [-0.1, -0.05) is 133 Å². The van der Waals surface area contributed by atoms with E-state index < -0.39 is 0 Å². The zero-order chi connectivity index (χ0) is 42.1. The summed E-state index contributed by atoms with van der Waals surface area (Å²) in [5.74, 6) is 1.52. The Labute approximate surface area is 369 Å². The molecule has 0 saturated carbocycles. The molecule has 0 N–H and O–H groups in total. The van der Waals surface area contributed by atoms with E-state index in [1.54, 1.807) is 0 Å². The largest absolute Gasteiger partial charge is 0.256 e. The number of nitrogens with zero attached hydrogens (tertiary/aromatic N) is 6. The molecule has 6 heteroatoms. The van der Waals surface area contributed by atoms with Crippen LogP contribution in [0.25, 0.3) is 89.6 Å². The van der Waals surface area contributed by atoms with Crippen molar-refractivity contribution >= 4 is 21.8 Å². The van der Waals surface area contributed by atoms with Gasteiger partial charge in [-0.3, -0.25) is 9.97 Å². The average molecular weight is 817 g/mol. The van der Waals surface area contributed by atoms with Crippen molar-refractivity contribution in [1.82, 2.24) is 29.9 Å². The Morgan fingerprint density at radius 3 is 1.08 bits per heavy atom. The van der Waals surface area contributed by atoms with Gasteiger partial charge in [0.15, 0.2) is 11.6 Å². The first kappa shape index (κ1) is 36.2. The molecule has 14 rings (SSSR count). The summed E-state index contributed by atoms with van der Waals surface area (Å²) in [4.78, 5) is 29.9. The van der Waals surface area contributed by atoms with Crippen LogP contribution in [0.2, 0.25) is 0 Å². The maximum atomic E-state index is 5.24. The molecule has 0 fully saturated rings. The van der Waals surface area contributed by atoms with Crippen LogP contribution in [0.1, 0.15) is 45.2 Å². The molecule has 3 aliphatic rings. The van der Waals surface area contributed by atoms with E-state index >= 15 is 0 Å². The van der Waals surface area contributed by atoms with Gasteiger partial charge >= 0.3 is 0 Å². The Hall–Kier alpha value is -8.48. The predicted molar refractivity (Wildman–Crippen MR) is 256 cm³/mol. The Bertz CT molecular complexity index is 3400. The zero-order valence-electron chi connectivity index (χ0n) is 34.5. The SMILES string of the molecule is c1ccc(-c2nc(-c3ccc4c(c3)C3c5ccccc5C4c4cc(-c5cc(-c6ccc7ncccc7c6)nc(-c6ccccc6)n5)ccc43)cc(-c3ccc4ncccc4c3)n2)cc1. The lowest BCUT2D eigenvalue weighted by molar-refractivity contribution is 0.755. The summed E-state index contributed by atoms with van der Waals surface area (Å²) in [5, 5.41) is 2.15. The molecule has 2 unspecified atom stereocenters. The first-order chi connectivity index (χ1) is 31.7. The highest BCUT2D eigenvalue weighted by molar-refractivity contribution is 5.86. The van der Waals surface area contributed by atoms with Crippen LogP contribution < -0.4 is 0 Å². The van der Waals surface area contributed by atoms with Gasteiger partial charge in [0.25, 0.3) is 0 Å². The molecule has 0 amide bonds. The fourth-order valence-corrected chi connectivity index (χ4v) is 9.92. The van der Waals surface area contributed by atoms with Gasteiger partial charge in [-0.25, -0.2) is 19.9 Å². The Kier molecular flexibility index (Phi) is 8.24. The second-order valence-corrected chi connectivity index (χ2v) is 16.7. The van der Waals surface area contributed by atoms with Crippen LogP contribution in [0.4, 0.5) is 0 Å². The smallest absolute Gasteiger partial charge is 0.160 e. The molecular formula is C58H36N6. The monoisotopic (exact) mass is 816 g/mol. The Balaban J connectivity index is 0.938. The van der Waals surface area contributed by atoms with E-state index in [-0.39, 0.29) is 11.8 Å². The molecule has 0 aliphatic heterocycles. The fourth-order valence-electron chi connectivity index (χ4n) is 9.92. The molecule has 11 aromatic rings. The molecule has 0 saturated heterocycles. The van der Waals surface area contributed by atoms with Crippen molar-refractivity contribution in [3.8, 4) is 67.8 Å². The van der Waals surface area contributed by atoms with Crippen LogP contribution in [-0.4, -0.2) is 29.9 Å². The van der Waals surface area contributed by atoms with E-state index in [4.69, 9.17) is 19.9 Å². The summed E-state index contributed by atoms with van der Waals surface area (Å²) in [6.45, 7) is 0. The summed E-state index contributed by atoms with van der Waals surface area (Å²) < 4.78 is 0. The topological polar surface area (TPSA) is 77.3 Å². The van der Waals surface area contributed by atoms with Crippen LogP contribution in [0, 0.1) is 0 Å². The van der Waals surface area contributed by atoms with Gasteiger partial charge in [0.1, 0.15) is 0 Å². The van der Waals surface area contributed by atoms with Crippen molar-refractivity contribution in [1.29, 1.82) is 0 Å². The molecule has 3 aliphatic carbocycles. The maximum absolute atomic E-state index is 5.24. The third kappa shape index (κ3) is 6.03. The highest BCUT2D eigenvalue weighted by atomic mass is 14.9.